The molecule has 2 aromatic carbocycles. The van der Waals surface area contributed by atoms with E-state index in [0.717, 1.165) is 0 Å². The molecule has 0 saturated carbocycles. The lowest BCUT2D eigenvalue weighted by atomic mass is 10.0. The van der Waals surface area contributed by atoms with E-state index >= 15 is 0 Å². The molecule has 2 aromatic rings. The van der Waals surface area contributed by atoms with Crippen LogP contribution in [0.25, 0.3) is 0 Å². The number of nitro groups is 1. The standard InChI is InChI=1S/C21H24N2O5/c1-4-27-18-8-5-16(6-9-18)21(24)17-7-10-19(20(11-17)23(25)26)22-12-14(2)28-15(3)13-22/h5-11,14-15H,4,12-13H2,1-3H3/t14-,15-/m1/s1. The number of carbonyl (C=O) groups is 1. The number of ether oxygens (including phenoxy) is 2. The van der Waals surface area contributed by atoms with Gasteiger partial charge in [0.25, 0.3) is 5.69 Å². The van der Waals surface area contributed by atoms with Crippen molar-refractivity contribution in [3.8, 4) is 5.75 Å². The summed E-state index contributed by atoms with van der Waals surface area (Å²) in [5, 5.41) is 11.7. The molecule has 1 heterocycles. The summed E-state index contributed by atoms with van der Waals surface area (Å²) in [7, 11) is 0. The molecule has 1 fully saturated rings. The van der Waals surface area contributed by atoms with E-state index in [1.165, 1.54) is 6.07 Å². The Morgan fingerprint density at radius 2 is 1.75 bits per heavy atom. The van der Waals surface area contributed by atoms with Gasteiger partial charge in [-0.25, -0.2) is 0 Å². The summed E-state index contributed by atoms with van der Waals surface area (Å²) >= 11 is 0. The third-order valence-corrected chi connectivity index (χ3v) is 4.62. The molecule has 1 aliphatic heterocycles. The van der Waals surface area contributed by atoms with Crippen LogP contribution in [0.2, 0.25) is 0 Å². The van der Waals surface area contributed by atoms with Gasteiger partial charge in [0, 0.05) is 30.3 Å². The van der Waals surface area contributed by atoms with Crippen LogP contribution in [0.5, 0.6) is 5.75 Å². The first-order chi connectivity index (χ1) is 13.4. The topological polar surface area (TPSA) is 81.9 Å². The molecule has 148 valence electrons. The fraction of sp³-hybridized carbons (Fsp3) is 0.381. The minimum Gasteiger partial charge on any atom is -0.494 e. The Balaban J connectivity index is 1.90. The van der Waals surface area contributed by atoms with Gasteiger partial charge in [0.05, 0.1) is 23.7 Å². The molecule has 1 aliphatic rings. The predicted molar refractivity (Wildman–Crippen MR) is 106 cm³/mol. The minimum absolute atomic E-state index is 0.0199. The van der Waals surface area contributed by atoms with Crippen LogP contribution >= 0.6 is 0 Å². The van der Waals surface area contributed by atoms with Gasteiger partial charge in [0.1, 0.15) is 11.4 Å². The lowest BCUT2D eigenvalue weighted by Crippen LogP contribution is -2.45. The van der Waals surface area contributed by atoms with Crippen molar-refractivity contribution in [2.24, 2.45) is 0 Å². The van der Waals surface area contributed by atoms with E-state index in [1.54, 1.807) is 36.4 Å². The first-order valence-corrected chi connectivity index (χ1v) is 9.35. The molecule has 0 amide bonds. The Morgan fingerprint density at radius 1 is 1.14 bits per heavy atom. The highest BCUT2D eigenvalue weighted by Gasteiger charge is 2.28. The molecule has 3 rings (SSSR count). The van der Waals surface area contributed by atoms with Crippen molar-refractivity contribution in [2.45, 2.75) is 33.0 Å². The van der Waals surface area contributed by atoms with Crippen molar-refractivity contribution in [1.29, 1.82) is 0 Å². The number of nitro benzene ring substituents is 1. The zero-order valence-electron chi connectivity index (χ0n) is 16.3. The Bertz CT molecular complexity index is 856. The third kappa shape index (κ3) is 4.31. The molecule has 0 N–H and O–H groups in total. The second-order valence-electron chi connectivity index (χ2n) is 6.91. The van der Waals surface area contributed by atoms with E-state index in [1.807, 2.05) is 25.7 Å². The molecular weight excluding hydrogens is 360 g/mol. The van der Waals surface area contributed by atoms with Crippen LogP contribution in [0.4, 0.5) is 11.4 Å². The molecule has 7 heteroatoms. The van der Waals surface area contributed by atoms with E-state index in [-0.39, 0.29) is 29.2 Å². The van der Waals surface area contributed by atoms with Crippen LogP contribution in [0.1, 0.15) is 36.7 Å². The van der Waals surface area contributed by atoms with Crippen molar-refractivity contribution in [2.75, 3.05) is 24.6 Å². The summed E-state index contributed by atoms with van der Waals surface area (Å²) in [5.74, 6) is 0.414. The number of ketones is 1. The second kappa shape index (κ2) is 8.39. The number of benzene rings is 2. The van der Waals surface area contributed by atoms with Gasteiger partial charge in [-0.15, -0.1) is 0 Å². The summed E-state index contributed by atoms with van der Waals surface area (Å²) < 4.78 is 11.1. The van der Waals surface area contributed by atoms with Crippen LogP contribution in [0.3, 0.4) is 0 Å². The highest BCUT2D eigenvalue weighted by Crippen LogP contribution is 2.32. The van der Waals surface area contributed by atoms with E-state index in [0.29, 0.717) is 36.7 Å². The fourth-order valence-electron chi connectivity index (χ4n) is 3.49. The number of anilines is 1. The molecule has 1 saturated heterocycles. The van der Waals surface area contributed by atoms with Crippen LogP contribution < -0.4 is 9.64 Å². The zero-order valence-corrected chi connectivity index (χ0v) is 16.3. The molecular formula is C21H24N2O5. The largest absolute Gasteiger partial charge is 0.494 e. The maximum absolute atomic E-state index is 12.8. The Kier molecular flexibility index (Phi) is 5.94. The molecule has 0 spiro atoms. The normalized spacial score (nSPS) is 19.3. The molecule has 7 nitrogen and oxygen atoms in total. The number of hydrogen-bond acceptors (Lipinski definition) is 6. The van der Waals surface area contributed by atoms with E-state index < -0.39 is 4.92 Å². The van der Waals surface area contributed by atoms with Crippen molar-refractivity contribution < 1.29 is 19.2 Å². The maximum Gasteiger partial charge on any atom is 0.293 e. The van der Waals surface area contributed by atoms with Gasteiger partial charge in [-0.2, -0.15) is 0 Å². The van der Waals surface area contributed by atoms with Crippen LogP contribution in [0.15, 0.2) is 42.5 Å². The summed E-state index contributed by atoms with van der Waals surface area (Å²) in [4.78, 5) is 26.0. The lowest BCUT2D eigenvalue weighted by Gasteiger charge is -2.36. The third-order valence-electron chi connectivity index (χ3n) is 4.62. The summed E-state index contributed by atoms with van der Waals surface area (Å²) in [6, 6.07) is 11.4. The van der Waals surface area contributed by atoms with E-state index in [2.05, 4.69) is 0 Å². The first-order valence-electron chi connectivity index (χ1n) is 9.35. The number of morpholine rings is 1. The number of nitrogens with zero attached hydrogens (tertiary/aromatic N) is 2. The second-order valence-corrected chi connectivity index (χ2v) is 6.91. The Hall–Kier alpha value is -2.93. The van der Waals surface area contributed by atoms with Gasteiger partial charge in [-0.05, 0) is 57.2 Å². The van der Waals surface area contributed by atoms with Crippen LogP contribution in [-0.4, -0.2) is 42.6 Å². The van der Waals surface area contributed by atoms with Gasteiger partial charge in [-0.1, -0.05) is 0 Å². The highest BCUT2D eigenvalue weighted by molar-refractivity contribution is 6.09. The van der Waals surface area contributed by atoms with Crippen molar-refractivity contribution >= 4 is 17.2 Å². The van der Waals surface area contributed by atoms with Gasteiger partial charge in [0.2, 0.25) is 0 Å². The Morgan fingerprint density at radius 3 is 2.32 bits per heavy atom. The van der Waals surface area contributed by atoms with Gasteiger partial charge >= 0.3 is 0 Å². The van der Waals surface area contributed by atoms with Gasteiger partial charge < -0.3 is 14.4 Å². The molecule has 0 aliphatic carbocycles. The van der Waals surface area contributed by atoms with Gasteiger partial charge in [0.15, 0.2) is 5.78 Å². The van der Waals surface area contributed by atoms with E-state index in [9.17, 15) is 14.9 Å². The van der Waals surface area contributed by atoms with Crippen molar-refractivity contribution in [3.63, 3.8) is 0 Å². The number of rotatable bonds is 6. The molecule has 0 aromatic heterocycles. The zero-order chi connectivity index (χ0) is 20.3. The number of hydrogen-bond donors (Lipinski definition) is 0. The van der Waals surface area contributed by atoms with Gasteiger partial charge in [-0.3, -0.25) is 14.9 Å². The molecule has 0 bridgehead atoms. The highest BCUT2D eigenvalue weighted by atomic mass is 16.6. The quantitative estimate of drug-likeness (QED) is 0.428. The average molecular weight is 384 g/mol. The molecule has 28 heavy (non-hydrogen) atoms. The average Bonchev–Trinajstić information content (AvgIpc) is 2.67. The van der Waals surface area contributed by atoms with Crippen LogP contribution in [-0.2, 0) is 4.74 Å². The smallest absolute Gasteiger partial charge is 0.293 e. The molecule has 0 unspecified atom stereocenters. The molecule has 0 radical (unpaired) electrons. The molecule has 2 atom stereocenters. The first kappa shape index (κ1) is 19.8. The maximum atomic E-state index is 12.8. The fourth-order valence-corrected chi connectivity index (χ4v) is 3.49. The summed E-state index contributed by atoms with van der Waals surface area (Å²) in [6.07, 6.45) is -0.0398. The van der Waals surface area contributed by atoms with Crippen LogP contribution in [0, 0.1) is 10.1 Å². The van der Waals surface area contributed by atoms with E-state index in [4.69, 9.17) is 9.47 Å². The summed E-state index contributed by atoms with van der Waals surface area (Å²) in [6.45, 7) is 7.45. The van der Waals surface area contributed by atoms with Crippen molar-refractivity contribution in [3.05, 3.63) is 63.7 Å². The summed E-state index contributed by atoms with van der Waals surface area (Å²) in [5.41, 5.74) is 1.18. The predicted octanol–water partition coefficient (Wildman–Crippen LogP) is 3.84. The monoisotopic (exact) mass is 384 g/mol. The minimum atomic E-state index is -0.435. The SMILES string of the molecule is CCOc1ccc(C(=O)c2ccc(N3C[C@@H](C)O[C@H](C)C3)c([N+](=O)[O-])c2)cc1. The Labute approximate surface area is 164 Å². The number of carbonyl (C=O) groups excluding carboxylic acids is 1. The lowest BCUT2D eigenvalue weighted by molar-refractivity contribution is -0.384. The van der Waals surface area contributed by atoms with Crippen molar-refractivity contribution in [1.82, 2.24) is 0 Å².